The van der Waals surface area contributed by atoms with Gasteiger partial charge in [-0.2, -0.15) is 0 Å². The standard InChI is InChI=1S/C10H7Cl2N3O2/c11-6-2-1-5(3-7(6)12)4-8(16)9-10(13)15-17-14-9/h1-3H,4H2,(H2,13,15). The SMILES string of the molecule is Nc1nonc1C(=O)Cc1ccc(Cl)c(Cl)c1. The predicted octanol–water partition coefficient (Wildman–Crippen LogP) is 2.38. The Hall–Kier alpha value is -1.59. The highest BCUT2D eigenvalue weighted by Gasteiger charge is 2.16. The number of hydrogen-bond donors (Lipinski definition) is 1. The topological polar surface area (TPSA) is 82.0 Å². The third-order valence-electron chi connectivity index (χ3n) is 2.13. The molecule has 0 fully saturated rings. The van der Waals surface area contributed by atoms with Gasteiger partial charge >= 0.3 is 0 Å². The zero-order valence-corrected chi connectivity index (χ0v) is 10.00. The van der Waals surface area contributed by atoms with Gasteiger partial charge in [-0.25, -0.2) is 4.63 Å². The number of carbonyl (C=O) groups is 1. The number of nitrogens with zero attached hydrogens (tertiary/aromatic N) is 2. The molecule has 1 aromatic carbocycles. The van der Waals surface area contributed by atoms with Crippen LogP contribution in [0.1, 0.15) is 16.1 Å². The highest BCUT2D eigenvalue weighted by atomic mass is 35.5. The number of hydrogen-bond acceptors (Lipinski definition) is 5. The van der Waals surface area contributed by atoms with E-state index in [9.17, 15) is 4.79 Å². The number of Topliss-reactive ketones (excluding diaryl/α,β-unsaturated/α-hetero) is 1. The molecule has 0 unspecified atom stereocenters. The Balaban J connectivity index is 2.19. The summed E-state index contributed by atoms with van der Waals surface area (Å²) in [6, 6.07) is 4.94. The average molecular weight is 272 g/mol. The van der Waals surface area contributed by atoms with E-state index in [1.165, 1.54) is 0 Å². The van der Waals surface area contributed by atoms with Gasteiger partial charge in [0.25, 0.3) is 0 Å². The Morgan fingerprint density at radius 2 is 2.06 bits per heavy atom. The molecule has 2 aromatic rings. The van der Waals surface area contributed by atoms with Gasteiger partial charge in [-0.3, -0.25) is 4.79 Å². The van der Waals surface area contributed by atoms with E-state index in [1.807, 2.05) is 0 Å². The monoisotopic (exact) mass is 271 g/mol. The summed E-state index contributed by atoms with van der Waals surface area (Å²) in [5, 5.41) is 7.59. The molecular formula is C10H7Cl2N3O2. The lowest BCUT2D eigenvalue weighted by molar-refractivity contribution is 0.0984. The summed E-state index contributed by atoms with van der Waals surface area (Å²) in [5.74, 6) is -0.308. The van der Waals surface area contributed by atoms with E-state index in [1.54, 1.807) is 18.2 Å². The Morgan fingerprint density at radius 3 is 2.65 bits per heavy atom. The van der Waals surface area contributed by atoms with Gasteiger partial charge in [0, 0.05) is 6.42 Å². The van der Waals surface area contributed by atoms with E-state index < -0.39 is 0 Å². The van der Waals surface area contributed by atoms with Crippen molar-refractivity contribution in [2.75, 3.05) is 5.73 Å². The fourth-order valence-corrected chi connectivity index (χ4v) is 1.63. The van der Waals surface area contributed by atoms with Crippen molar-refractivity contribution in [2.45, 2.75) is 6.42 Å². The third-order valence-corrected chi connectivity index (χ3v) is 2.87. The van der Waals surface area contributed by atoms with Gasteiger partial charge in [0.2, 0.25) is 0 Å². The van der Waals surface area contributed by atoms with Crippen LogP contribution in [0.15, 0.2) is 22.8 Å². The summed E-state index contributed by atoms with van der Waals surface area (Å²) in [4.78, 5) is 11.8. The van der Waals surface area contributed by atoms with Crippen molar-refractivity contribution in [1.82, 2.24) is 10.3 Å². The molecule has 1 heterocycles. The molecule has 5 nitrogen and oxygen atoms in total. The molecule has 0 amide bonds. The van der Waals surface area contributed by atoms with Crippen molar-refractivity contribution in [3.63, 3.8) is 0 Å². The van der Waals surface area contributed by atoms with Crippen molar-refractivity contribution in [3.05, 3.63) is 39.5 Å². The number of rotatable bonds is 3. The first-order valence-corrected chi connectivity index (χ1v) is 5.38. The molecule has 0 aliphatic rings. The Bertz CT molecular complexity index is 568. The largest absolute Gasteiger partial charge is 0.379 e. The first kappa shape index (κ1) is 11.9. The summed E-state index contributed by atoms with van der Waals surface area (Å²) >= 11 is 11.6. The van der Waals surface area contributed by atoms with Crippen LogP contribution in [0.5, 0.6) is 0 Å². The number of halogens is 2. The van der Waals surface area contributed by atoms with Crippen LogP contribution in [0.2, 0.25) is 10.0 Å². The minimum atomic E-state index is -0.290. The Morgan fingerprint density at radius 1 is 1.29 bits per heavy atom. The molecule has 0 saturated heterocycles. The first-order valence-electron chi connectivity index (χ1n) is 4.63. The molecule has 0 radical (unpaired) electrons. The van der Waals surface area contributed by atoms with Crippen molar-refractivity contribution >= 4 is 34.8 Å². The van der Waals surface area contributed by atoms with E-state index in [2.05, 4.69) is 14.9 Å². The number of benzene rings is 1. The van der Waals surface area contributed by atoms with Gasteiger partial charge in [0.05, 0.1) is 10.0 Å². The molecule has 0 aliphatic carbocycles. The molecule has 2 N–H and O–H groups in total. The van der Waals surface area contributed by atoms with Gasteiger partial charge in [-0.05, 0) is 28.0 Å². The van der Waals surface area contributed by atoms with Crippen molar-refractivity contribution < 1.29 is 9.42 Å². The highest BCUT2D eigenvalue weighted by Crippen LogP contribution is 2.23. The molecule has 0 atom stereocenters. The normalized spacial score (nSPS) is 10.5. The van der Waals surface area contributed by atoms with E-state index in [-0.39, 0.29) is 23.7 Å². The number of aromatic nitrogens is 2. The number of ketones is 1. The second-order valence-corrected chi connectivity index (χ2v) is 4.16. The van der Waals surface area contributed by atoms with Crippen LogP contribution in [-0.4, -0.2) is 16.1 Å². The lowest BCUT2D eigenvalue weighted by Gasteiger charge is -2.01. The van der Waals surface area contributed by atoms with Crippen LogP contribution in [0, 0.1) is 0 Å². The van der Waals surface area contributed by atoms with Crippen molar-refractivity contribution in [3.8, 4) is 0 Å². The second kappa shape index (κ2) is 4.73. The maximum atomic E-state index is 11.8. The average Bonchev–Trinajstić information content (AvgIpc) is 2.70. The lowest BCUT2D eigenvalue weighted by Crippen LogP contribution is -2.07. The van der Waals surface area contributed by atoms with Crippen molar-refractivity contribution in [2.24, 2.45) is 0 Å². The van der Waals surface area contributed by atoms with E-state index >= 15 is 0 Å². The van der Waals surface area contributed by atoms with Gasteiger partial charge in [0.15, 0.2) is 17.3 Å². The van der Waals surface area contributed by atoms with Gasteiger partial charge in [-0.15, -0.1) is 0 Å². The van der Waals surface area contributed by atoms with Gasteiger partial charge in [0.1, 0.15) is 0 Å². The summed E-state index contributed by atoms with van der Waals surface area (Å²) in [7, 11) is 0. The summed E-state index contributed by atoms with van der Waals surface area (Å²) < 4.78 is 4.35. The summed E-state index contributed by atoms with van der Waals surface area (Å²) in [5.41, 5.74) is 6.15. The molecule has 0 aliphatic heterocycles. The minimum Gasteiger partial charge on any atom is -0.379 e. The molecule has 17 heavy (non-hydrogen) atoms. The highest BCUT2D eigenvalue weighted by molar-refractivity contribution is 6.42. The fourth-order valence-electron chi connectivity index (χ4n) is 1.31. The number of nitrogens with two attached hydrogens (primary N) is 1. The van der Waals surface area contributed by atoms with E-state index in [0.717, 1.165) is 0 Å². The van der Waals surface area contributed by atoms with Crippen molar-refractivity contribution in [1.29, 1.82) is 0 Å². The Kier molecular flexibility index (Phi) is 3.31. The summed E-state index contributed by atoms with van der Waals surface area (Å²) in [6.45, 7) is 0. The Labute approximate surface area is 106 Å². The van der Waals surface area contributed by atoms with Crippen LogP contribution < -0.4 is 5.73 Å². The predicted molar refractivity (Wildman–Crippen MR) is 63.2 cm³/mol. The smallest absolute Gasteiger partial charge is 0.199 e. The second-order valence-electron chi connectivity index (χ2n) is 3.35. The van der Waals surface area contributed by atoms with Crippen LogP contribution in [-0.2, 0) is 6.42 Å². The van der Waals surface area contributed by atoms with Crippen LogP contribution >= 0.6 is 23.2 Å². The first-order chi connectivity index (χ1) is 8.08. The number of nitrogen functional groups attached to an aromatic ring is 1. The maximum Gasteiger partial charge on any atom is 0.199 e. The number of carbonyl (C=O) groups excluding carboxylic acids is 1. The number of anilines is 1. The van der Waals surface area contributed by atoms with Gasteiger partial charge in [-0.1, -0.05) is 29.3 Å². The van der Waals surface area contributed by atoms with Crippen LogP contribution in [0.4, 0.5) is 5.82 Å². The molecule has 1 aromatic heterocycles. The van der Waals surface area contributed by atoms with Gasteiger partial charge < -0.3 is 5.73 Å². The maximum absolute atomic E-state index is 11.8. The zero-order chi connectivity index (χ0) is 12.4. The zero-order valence-electron chi connectivity index (χ0n) is 8.48. The van der Waals surface area contributed by atoms with E-state index in [0.29, 0.717) is 15.6 Å². The molecule has 0 spiro atoms. The molecular weight excluding hydrogens is 265 g/mol. The van der Waals surface area contributed by atoms with E-state index in [4.69, 9.17) is 28.9 Å². The molecule has 88 valence electrons. The third kappa shape index (κ3) is 2.57. The molecule has 2 rings (SSSR count). The minimum absolute atomic E-state index is 0.0185. The van der Waals surface area contributed by atoms with Crippen LogP contribution in [0.3, 0.4) is 0 Å². The molecule has 0 saturated carbocycles. The quantitative estimate of drug-likeness (QED) is 0.867. The van der Waals surface area contributed by atoms with Crippen LogP contribution in [0.25, 0.3) is 0 Å². The lowest BCUT2D eigenvalue weighted by atomic mass is 10.1. The molecule has 7 heteroatoms. The molecule has 0 bridgehead atoms. The fraction of sp³-hybridized carbons (Fsp3) is 0.100. The summed E-state index contributed by atoms with van der Waals surface area (Å²) in [6.07, 6.45) is 0.106.